The molecule has 0 radical (unpaired) electrons. The van der Waals surface area contributed by atoms with Gasteiger partial charge in [-0.2, -0.15) is 0 Å². The summed E-state index contributed by atoms with van der Waals surface area (Å²) in [5.74, 6) is -0.519. The van der Waals surface area contributed by atoms with Crippen molar-refractivity contribution in [3.8, 4) is 0 Å². The average Bonchev–Trinajstić information content (AvgIpc) is 2.11. The Morgan fingerprint density at radius 2 is 1.80 bits per heavy atom. The molecule has 0 bridgehead atoms. The normalized spacial score (nSPS) is 12.5. The van der Waals surface area contributed by atoms with Gasteiger partial charge in [0.2, 0.25) is 5.91 Å². The second-order valence-corrected chi connectivity index (χ2v) is 4.23. The molecule has 1 amide bonds. The number of nitrogens with two attached hydrogens (primary N) is 2. The van der Waals surface area contributed by atoms with Gasteiger partial charge in [-0.3, -0.25) is 4.79 Å². The SMILES string of the molecule is NC(=O)CC(N)c1c(Cl)ccc(Cl)c1Cl. The van der Waals surface area contributed by atoms with Gasteiger partial charge in [-0.25, -0.2) is 0 Å². The van der Waals surface area contributed by atoms with Gasteiger partial charge in [-0.1, -0.05) is 34.8 Å². The predicted octanol–water partition coefficient (Wildman–Crippen LogP) is 2.52. The summed E-state index contributed by atoms with van der Waals surface area (Å²) in [4.78, 5) is 10.7. The summed E-state index contributed by atoms with van der Waals surface area (Å²) in [6.07, 6.45) is -0.0280. The molecule has 1 aromatic rings. The Morgan fingerprint density at radius 1 is 1.27 bits per heavy atom. The van der Waals surface area contributed by atoms with Crippen molar-refractivity contribution in [2.24, 2.45) is 11.5 Å². The summed E-state index contributed by atoms with van der Waals surface area (Å²) in [7, 11) is 0. The Hall–Kier alpha value is -0.480. The van der Waals surface area contributed by atoms with Gasteiger partial charge in [0, 0.05) is 23.0 Å². The van der Waals surface area contributed by atoms with Crippen LogP contribution < -0.4 is 11.5 Å². The van der Waals surface area contributed by atoms with Crippen molar-refractivity contribution in [2.75, 3.05) is 0 Å². The number of carbonyl (C=O) groups is 1. The minimum atomic E-state index is -0.638. The summed E-state index contributed by atoms with van der Waals surface area (Å²) in [5.41, 5.74) is 11.2. The molecule has 6 heteroatoms. The molecule has 0 fully saturated rings. The molecule has 3 nitrogen and oxygen atoms in total. The van der Waals surface area contributed by atoms with E-state index in [1.165, 1.54) is 0 Å². The first-order chi connectivity index (χ1) is 6.93. The number of hydrogen-bond donors (Lipinski definition) is 2. The van der Waals surface area contributed by atoms with Crippen molar-refractivity contribution in [3.63, 3.8) is 0 Å². The fourth-order valence-corrected chi connectivity index (χ4v) is 2.02. The molecule has 1 unspecified atom stereocenters. The second kappa shape index (κ2) is 5.03. The molecule has 82 valence electrons. The lowest BCUT2D eigenvalue weighted by atomic mass is 10.0. The predicted molar refractivity (Wildman–Crippen MR) is 62.2 cm³/mol. The first-order valence-corrected chi connectivity index (χ1v) is 5.24. The van der Waals surface area contributed by atoms with Crippen LogP contribution >= 0.6 is 34.8 Å². The maximum atomic E-state index is 10.7. The molecule has 1 atom stereocenters. The highest BCUT2D eigenvalue weighted by Gasteiger charge is 2.18. The first kappa shape index (κ1) is 12.6. The minimum absolute atomic E-state index is 0.0280. The lowest BCUT2D eigenvalue weighted by Crippen LogP contribution is -2.21. The molecule has 0 aromatic heterocycles. The lowest BCUT2D eigenvalue weighted by molar-refractivity contribution is -0.118. The van der Waals surface area contributed by atoms with Crippen LogP contribution in [0.25, 0.3) is 0 Å². The van der Waals surface area contributed by atoms with Crippen molar-refractivity contribution < 1.29 is 4.79 Å². The van der Waals surface area contributed by atoms with Crippen molar-refractivity contribution in [2.45, 2.75) is 12.5 Å². The Balaban J connectivity index is 3.12. The number of primary amides is 1. The van der Waals surface area contributed by atoms with Crippen LogP contribution in [0, 0.1) is 0 Å². The number of hydrogen-bond acceptors (Lipinski definition) is 2. The monoisotopic (exact) mass is 266 g/mol. The van der Waals surface area contributed by atoms with Gasteiger partial charge in [0.1, 0.15) is 0 Å². The third-order valence-corrected chi connectivity index (χ3v) is 3.02. The number of halogens is 3. The van der Waals surface area contributed by atoms with Gasteiger partial charge >= 0.3 is 0 Å². The molecule has 1 aromatic carbocycles. The Morgan fingerprint density at radius 3 is 2.33 bits per heavy atom. The Labute approximate surface area is 102 Å². The maximum absolute atomic E-state index is 10.7. The number of amides is 1. The van der Waals surface area contributed by atoms with E-state index in [9.17, 15) is 4.79 Å². The highest BCUT2D eigenvalue weighted by atomic mass is 35.5. The summed E-state index contributed by atoms with van der Waals surface area (Å²) < 4.78 is 0. The van der Waals surface area contributed by atoms with E-state index in [1.807, 2.05) is 0 Å². The van der Waals surface area contributed by atoms with E-state index in [4.69, 9.17) is 46.3 Å². The van der Waals surface area contributed by atoms with Crippen molar-refractivity contribution >= 4 is 40.7 Å². The zero-order valence-corrected chi connectivity index (χ0v) is 9.90. The van der Waals surface area contributed by atoms with Crippen molar-refractivity contribution in [1.29, 1.82) is 0 Å². The minimum Gasteiger partial charge on any atom is -0.370 e. The molecule has 0 aliphatic rings. The van der Waals surface area contributed by atoms with Crippen molar-refractivity contribution in [3.05, 3.63) is 32.8 Å². The molecule has 0 aliphatic carbocycles. The van der Waals surface area contributed by atoms with Crippen LogP contribution in [0.1, 0.15) is 18.0 Å². The van der Waals surface area contributed by atoms with E-state index in [0.717, 1.165) is 0 Å². The zero-order chi connectivity index (χ0) is 11.6. The molecule has 15 heavy (non-hydrogen) atoms. The van der Waals surface area contributed by atoms with E-state index in [0.29, 0.717) is 15.6 Å². The summed E-state index contributed by atoms with van der Waals surface area (Å²) in [6, 6.07) is 2.50. The van der Waals surface area contributed by atoms with Gasteiger partial charge in [0.05, 0.1) is 10.0 Å². The van der Waals surface area contributed by atoms with E-state index >= 15 is 0 Å². The van der Waals surface area contributed by atoms with Crippen LogP contribution in [-0.4, -0.2) is 5.91 Å². The molecular formula is C9H9Cl3N2O. The van der Waals surface area contributed by atoms with Crippen molar-refractivity contribution in [1.82, 2.24) is 0 Å². The topological polar surface area (TPSA) is 69.1 Å². The van der Waals surface area contributed by atoms with E-state index in [1.54, 1.807) is 12.1 Å². The smallest absolute Gasteiger partial charge is 0.219 e. The molecule has 1 rings (SSSR count). The first-order valence-electron chi connectivity index (χ1n) is 4.10. The third-order valence-electron chi connectivity index (χ3n) is 1.87. The van der Waals surface area contributed by atoms with Gasteiger partial charge in [0.15, 0.2) is 0 Å². The Bertz CT molecular complexity index is 395. The molecule has 0 saturated heterocycles. The van der Waals surface area contributed by atoms with Crippen LogP contribution in [0.2, 0.25) is 15.1 Å². The summed E-state index contributed by atoms with van der Waals surface area (Å²) >= 11 is 17.6. The summed E-state index contributed by atoms with van der Waals surface area (Å²) in [5, 5.41) is 0.979. The highest BCUT2D eigenvalue weighted by Crippen LogP contribution is 2.35. The van der Waals surface area contributed by atoms with Gasteiger partial charge in [-0.15, -0.1) is 0 Å². The molecular weight excluding hydrogens is 258 g/mol. The Kier molecular flexibility index (Phi) is 4.22. The van der Waals surface area contributed by atoms with Gasteiger partial charge in [-0.05, 0) is 12.1 Å². The molecule has 0 saturated carbocycles. The fraction of sp³-hybridized carbons (Fsp3) is 0.222. The van der Waals surface area contributed by atoms with Gasteiger partial charge in [0.25, 0.3) is 0 Å². The van der Waals surface area contributed by atoms with Crippen LogP contribution in [0.15, 0.2) is 12.1 Å². The van der Waals surface area contributed by atoms with Crippen LogP contribution in [0.3, 0.4) is 0 Å². The molecule has 0 aliphatic heterocycles. The van der Waals surface area contributed by atoms with Crippen LogP contribution in [0.5, 0.6) is 0 Å². The average molecular weight is 268 g/mol. The number of carbonyl (C=O) groups excluding carboxylic acids is 1. The number of rotatable bonds is 3. The van der Waals surface area contributed by atoms with E-state index < -0.39 is 11.9 Å². The fourth-order valence-electron chi connectivity index (χ4n) is 1.20. The molecule has 0 spiro atoms. The largest absolute Gasteiger partial charge is 0.370 e. The second-order valence-electron chi connectivity index (χ2n) is 3.03. The quantitative estimate of drug-likeness (QED) is 0.826. The van der Waals surface area contributed by atoms with Crippen LogP contribution in [0.4, 0.5) is 0 Å². The van der Waals surface area contributed by atoms with E-state index in [2.05, 4.69) is 0 Å². The van der Waals surface area contributed by atoms with Crippen LogP contribution in [-0.2, 0) is 4.79 Å². The zero-order valence-electron chi connectivity index (χ0n) is 7.64. The van der Waals surface area contributed by atoms with E-state index in [-0.39, 0.29) is 11.4 Å². The maximum Gasteiger partial charge on any atom is 0.219 e. The molecule has 4 N–H and O–H groups in total. The number of benzene rings is 1. The third kappa shape index (κ3) is 2.98. The standard InChI is InChI=1S/C9H9Cl3N2O/c10-4-1-2-5(11)9(12)8(4)6(13)3-7(14)15/h1-2,6H,3,13H2,(H2,14,15). The van der Waals surface area contributed by atoms with Gasteiger partial charge < -0.3 is 11.5 Å². The lowest BCUT2D eigenvalue weighted by Gasteiger charge is -2.14. The summed E-state index contributed by atoms with van der Waals surface area (Å²) in [6.45, 7) is 0. The highest BCUT2D eigenvalue weighted by molar-refractivity contribution is 6.44. The molecule has 0 heterocycles.